The van der Waals surface area contributed by atoms with E-state index in [2.05, 4.69) is 5.32 Å². The fraction of sp³-hybridized carbons (Fsp3) is 0.222. The number of anilines is 1. The van der Waals surface area contributed by atoms with Crippen LogP contribution in [0, 0.1) is 5.82 Å². The minimum Gasteiger partial charge on any atom is -0.305 e. The number of hydrogen-bond donors (Lipinski definition) is 2. The van der Waals surface area contributed by atoms with Gasteiger partial charge in [-0.05, 0) is 54.9 Å². The van der Waals surface area contributed by atoms with Crippen molar-refractivity contribution < 1.29 is 22.4 Å². The minimum absolute atomic E-state index is 0.0283. The molecule has 0 saturated carbocycles. The Hall–Kier alpha value is -2.62. The van der Waals surface area contributed by atoms with Crippen molar-refractivity contribution in [1.29, 1.82) is 0 Å². The molecule has 3 N–H and O–H groups in total. The lowest BCUT2D eigenvalue weighted by atomic mass is 10.1. The van der Waals surface area contributed by atoms with Gasteiger partial charge in [0, 0.05) is 0 Å². The zero-order valence-corrected chi connectivity index (χ0v) is 15.1. The van der Waals surface area contributed by atoms with Crippen LogP contribution in [0.3, 0.4) is 0 Å². The molecule has 1 aliphatic rings. The lowest BCUT2D eigenvalue weighted by Crippen LogP contribution is -2.39. The molecule has 0 radical (unpaired) electrons. The predicted octanol–water partition coefficient (Wildman–Crippen LogP) is 0.937. The number of nitrogens with one attached hydrogen (secondary N) is 1. The summed E-state index contributed by atoms with van der Waals surface area (Å²) in [5.41, 5.74) is 1.20. The van der Waals surface area contributed by atoms with Crippen LogP contribution in [0.4, 0.5) is 10.1 Å². The largest absolute Gasteiger partial charge is 0.305 e. The molecule has 1 aliphatic heterocycles. The number of benzene rings is 2. The minimum atomic E-state index is -3.73. The second-order valence-corrected chi connectivity index (χ2v) is 7.76. The molecule has 2 aromatic rings. The van der Waals surface area contributed by atoms with Crippen LogP contribution >= 0.6 is 0 Å². The first-order chi connectivity index (χ1) is 12.8. The molecule has 142 valence electrons. The van der Waals surface area contributed by atoms with Gasteiger partial charge in [-0.15, -0.1) is 0 Å². The summed E-state index contributed by atoms with van der Waals surface area (Å²) in [4.78, 5) is 25.7. The third kappa shape index (κ3) is 4.38. The highest BCUT2D eigenvalue weighted by Gasteiger charge is 2.39. The van der Waals surface area contributed by atoms with Crippen molar-refractivity contribution in [2.24, 2.45) is 5.14 Å². The summed E-state index contributed by atoms with van der Waals surface area (Å²) >= 11 is 0. The van der Waals surface area contributed by atoms with E-state index in [9.17, 15) is 22.4 Å². The van der Waals surface area contributed by atoms with E-state index in [0.29, 0.717) is 18.7 Å². The summed E-state index contributed by atoms with van der Waals surface area (Å²) < 4.78 is 35.5. The van der Waals surface area contributed by atoms with E-state index in [4.69, 9.17) is 5.14 Å². The molecule has 0 aromatic heterocycles. The first kappa shape index (κ1) is 19.2. The zero-order valence-electron chi connectivity index (χ0n) is 14.3. The summed E-state index contributed by atoms with van der Waals surface area (Å²) in [5.74, 6) is -1.17. The number of rotatable bonds is 6. The van der Waals surface area contributed by atoms with Gasteiger partial charge >= 0.3 is 0 Å². The van der Waals surface area contributed by atoms with E-state index >= 15 is 0 Å². The molecule has 1 saturated heterocycles. The number of nitrogens with zero attached hydrogens (tertiary/aromatic N) is 1. The van der Waals surface area contributed by atoms with E-state index in [-0.39, 0.29) is 23.1 Å². The molecule has 7 nitrogen and oxygen atoms in total. The summed E-state index contributed by atoms with van der Waals surface area (Å²) in [7, 11) is -3.73. The molecule has 2 amide bonds. The molecule has 1 atom stereocenters. The Labute approximate surface area is 156 Å². The third-order valence-corrected chi connectivity index (χ3v) is 5.22. The smallest absolute Gasteiger partial charge is 0.251 e. The van der Waals surface area contributed by atoms with Crippen molar-refractivity contribution in [3.05, 3.63) is 59.9 Å². The lowest BCUT2D eigenvalue weighted by molar-refractivity contribution is -0.121. The van der Waals surface area contributed by atoms with Gasteiger partial charge in [-0.1, -0.05) is 12.1 Å². The Morgan fingerprint density at radius 2 is 1.70 bits per heavy atom. The van der Waals surface area contributed by atoms with E-state index in [1.165, 1.54) is 36.4 Å². The average molecular weight is 391 g/mol. The third-order valence-electron chi connectivity index (χ3n) is 4.29. The van der Waals surface area contributed by atoms with Gasteiger partial charge in [-0.2, -0.15) is 0 Å². The van der Waals surface area contributed by atoms with Crippen LogP contribution < -0.4 is 15.4 Å². The normalized spacial score (nSPS) is 17.6. The Morgan fingerprint density at radius 3 is 2.30 bits per heavy atom. The number of carbonyl (C=O) groups is 2. The first-order valence-electron chi connectivity index (χ1n) is 8.23. The molecule has 27 heavy (non-hydrogen) atoms. The molecule has 1 heterocycles. The Bertz CT molecular complexity index is 959. The molecule has 3 rings (SSSR count). The number of sulfonamides is 1. The number of halogens is 1. The van der Waals surface area contributed by atoms with Gasteiger partial charge < -0.3 is 5.32 Å². The first-order valence-corrected chi connectivity index (χ1v) is 9.78. The Balaban J connectivity index is 1.58. The summed E-state index contributed by atoms with van der Waals surface area (Å²) in [6, 6.07) is 10.7. The molecule has 9 heteroatoms. The van der Waals surface area contributed by atoms with E-state index in [0.717, 1.165) is 10.5 Å². The highest BCUT2D eigenvalue weighted by molar-refractivity contribution is 7.89. The van der Waals surface area contributed by atoms with Gasteiger partial charge in [0.2, 0.25) is 15.9 Å². The van der Waals surface area contributed by atoms with Gasteiger partial charge in [0.15, 0.2) is 0 Å². The highest BCUT2D eigenvalue weighted by atomic mass is 32.2. The maximum Gasteiger partial charge on any atom is 0.251 e. The maximum absolute atomic E-state index is 13.0. The predicted molar refractivity (Wildman–Crippen MR) is 96.8 cm³/mol. The topological polar surface area (TPSA) is 110 Å². The number of primary sulfonamides is 1. The quantitative estimate of drug-likeness (QED) is 0.712. The van der Waals surface area contributed by atoms with Crippen molar-refractivity contribution in [3.8, 4) is 0 Å². The van der Waals surface area contributed by atoms with Crippen LogP contribution in [-0.4, -0.2) is 32.8 Å². The van der Waals surface area contributed by atoms with Gasteiger partial charge in [0.1, 0.15) is 5.82 Å². The lowest BCUT2D eigenvalue weighted by Gasteiger charge is -2.15. The molecular formula is C18H18FN3O4S. The Kier molecular flexibility index (Phi) is 5.36. The number of hydrogen-bond acceptors (Lipinski definition) is 5. The van der Waals surface area contributed by atoms with E-state index in [1.807, 2.05) is 0 Å². The zero-order chi connectivity index (χ0) is 19.6. The van der Waals surface area contributed by atoms with Crippen LogP contribution in [0.1, 0.15) is 12.0 Å². The van der Waals surface area contributed by atoms with Crippen molar-refractivity contribution in [2.45, 2.75) is 23.8 Å². The number of amides is 2. The van der Waals surface area contributed by atoms with E-state index < -0.39 is 21.9 Å². The van der Waals surface area contributed by atoms with Crippen LogP contribution in [0.2, 0.25) is 0 Å². The molecule has 2 aromatic carbocycles. The molecule has 0 bridgehead atoms. The molecule has 0 aliphatic carbocycles. The molecular weight excluding hydrogens is 373 g/mol. The molecule has 0 spiro atoms. The van der Waals surface area contributed by atoms with Crippen LogP contribution in [-0.2, 0) is 26.0 Å². The second-order valence-electron chi connectivity index (χ2n) is 6.19. The van der Waals surface area contributed by atoms with Gasteiger partial charge in [0.05, 0.1) is 23.0 Å². The Morgan fingerprint density at radius 1 is 1.07 bits per heavy atom. The van der Waals surface area contributed by atoms with Gasteiger partial charge in [-0.25, -0.2) is 22.8 Å². The molecule has 1 fully saturated rings. The number of imide groups is 1. The van der Waals surface area contributed by atoms with Crippen molar-refractivity contribution in [3.63, 3.8) is 0 Å². The maximum atomic E-state index is 13.0. The number of carbonyl (C=O) groups excluding carboxylic acids is 2. The van der Waals surface area contributed by atoms with Crippen molar-refractivity contribution in [1.82, 2.24) is 5.32 Å². The van der Waals surface area contributed by atoms with Gasteiger partial charge in [-0.3, -0.25) is 9.59 Å². The second kappa shape index (κ2) is 7.55. The summed E-state index contributed by atoms with van der Waals surface area (Å²) in [6.45, 7) is 0.426. The monoisotopic (exact) mass is 391 g/mol. The number of nitrogens with two attached hydrogens (primary N) is 1. The fourth-order valence-electron chi connectivity index (χ4n) is 2.89. The average Bonchev–Trinajstić information content (AvgIpc) is 2.89. The van der Waals surface area contributed by atoms with Gasteiger partial charge in [0.25, 0.3) is 5.91 Å². The van der Waals surface area contributed by atoms with Crippen molar-refractivity contribution >= 4 is 27.5 Å². The van der Waals surface area contributed by atoms with Crippen LogP contribution in [0.5, 0.6) is 0 Å². The van der Waals surface area contributed by atoms with Crippen LogP contribution in [0.15, 0.2) is 53.4 Å². The van der Waals surface area contributed by atoms with Crippen molar-refractivity contribution in [2.75, 3.05) is 11.4 Å². The van der Waals surface area contributed by atoms with E-state index in [1.54, 1.807) is 12.1 Å². The SMILES string of the molecule is NS(=O)(=O)c1ccc(CCNC2CC(=O)N(c3ccc(F)cc3)C2=O)cc1. The standard InChI is InChI=1S/C18H18FN3O4S/c19-13-3-5-14(6-4-13)22-17(23)11-16(18(22)24)21-10-9-12-1-7-15(8-2-12)27(20,25)26/h1-8,16,21H,9-11H2,(H2,20,25,26). The summed E-state index contributed by atoms with van der Waals surface area (Å²) in [5, 5.41) is 8.09. The molecule has 1 unspecified atom stereocenters. The summed E-state index contributed by atoms with van der Waals surface area (Å²) in [6.07, 6.45) is 0.569. The van der Waals surface area contributed by atoms with Crippen LogP contribution in [0.25, 0.3) is 0 Å². The fourth-order valence-corrected chi connectivity index (χ4v) is 3.40. The highest BCUT2D eigenvalue weighted by Crippen LogP contribution is 2.23.